The monoisotopic (exact) mass is 261 g/mol. The maximum atomic E-state index is 3.61. The number of hydrogen-bond acceptors (Lipinski definition) is 1. The molecule has 1 heteroatoms. The van der Waals surface area contributed by atoms with Gasteiger partial charge in [-0.1, -0.05) is 58.9 Å². The fourth-order valence-corrected chi connectivity index (χ4v) is 2.31. The lowest BCUT2D eigenvalue weighted by Crippen LogP contribution is -2.30. The molecule has 0 fully saturated rings. The average molecular weight is 261 g/mol. The van der Waals surface area contributed by atoms with E-state index in [0.29, 0.717) is 0 Å². The molecular weight excluding hydrogens is 230 g/mol. The SMILES string of the molecule is CCc1ccc(CC(CNCC(C)C)C(C)C)cc1. The highest BCUT2D eigenvalue weighted by atomic mass is 14.9. The molecule has 0 heterocycles. The van der Waals surface area contributed by atoms with Crippen molar-refractivity contribution in [3.63, 3.8) is 0 Å². The van der Waals surface area contributed by atoms with Crippen molar-refractivity contribution in [2.75, 3.05) is 13.1 Å². The van der Waals surface area contributed by atoms with Crippen molar-refractivity contribution in [1.82, 2.24) is 5.32 Å². The van der Waals surface area contributed by atoms with Crippen LogP contribution >= 0.6 is 0 Å². The fraction of sp³-hybridized carbons (Fsp3) is 0.667. The highest BCUT2D eigenvalue weighted by Crippen LogP contribution is 2.17. The number of benzene rings is 1. The minimum atomic E-state index is 0.727. The summed E-state index contributed by atoms with van der Waals surface area (Å²) >= 11 is 0. The van der Waals surface area contributed by atoms with Gasteiger partial charge >= 0.3 is 0 Å². The molecule has 1 aromatic carbocycles. The molecule has 1 rings (SSSR count). The second-order valence-corrected chi connectivity index (χ2v) is 6.43. The molecular formula is C18H31N. The van der Waals surface area contributed by atoms with Crippen LogP contribution in [0.4, 0.5) is 0 Å². The zero-order valence-corrected chi connectivity index (χ0v) is 13.4. The summed E-state index contributed by atoms with van der Waals surface area (Å²) in [7, 11) is 0. The Morgan fingerprint density at radius 2 is 1.47 bits per heavy atom. The van der Waals surface area contributed by atoms with E-state index in [0.717, 1.165) is 37.3 Å². The van der Waals surface area contributed by atoms with Gasteiger partial charge in [0.1, 0.15) is 0 Å². The third kappa shape index (κ3) is 6.24. The maximum absolute atomic E-state index is 3.61. The van der Waals surface area contributed by atoms with Crippen molar-refractivity contribution >= 4 is 0 Å². The first-order chi connectivity index (χ1) is 9.02. The molecule has 0 amide bonds. The Balaban J connectivity index is 2.52. The van der Waals surface area contributed by atoms with Crippen LogP contribution in [-0.4, -0.2) is 13.1 Å². The predicted molar refractivity (Wildman–Crippen MR) is 85.6 cm³/mol. The van der Waals surface area contributed by atoms with E-state index < -0.39 is 0 Å². The van der Waals surface area contributed by atoms with Crippen molar-refractivity contribution in [2.24, 2.45) is 17.8 Å². The lowest BCUT2D eigenvalue weighted by Gasteiger charge is -2.22. The third-order valence-corrected chi connectivity index (χ3v) is 3.83. The molecule has 0 bridgehead atoms. The molecule has 1 nitrogen and oxygen atoms in total. The highest BCUT2D eigenvalue weighted by Gasteiger charge is 2.14. The topological polar surface area (TPSA) is 12.0 Å². The second kappa shape index (κ2) is 8.37. The minimum Gasteiger partial charge on any atom is -0.316 e. The summed E-state index contributed by atoms with van der Waals surface area (Å²) in [5.41, 5.74) is 2.91. The molecule has 0 aliphatic rings. The van der Waals surface area contributed by atoms with Crippen molar-refractivity contribution in [3.8, 4) is 0 Å². The Morgan fingerprint density at radius 3 is 1.95 bits per heavy atom. The summed E-state index contributed by atoms with van der Waals surface area (Å²) in [6.45, 7) is 13.7. The summed E-state index contributed by atoms with van der Waals surface area (Å²) in [6, 6.07) is 9.15. The predicted octanol–water partition coefficient (Wildman–Crippen LogP) is 4.31. The van der Waals surface area contributed by atoms with E-state index in [1.165, 1.54) is 17.5 Å². The molecule has 0 aromatic heterocycles. The van der Waals surface area contributed by atoms with Gasteiger partial charge in [-0.2, -0.15) is 0 Å². The molecule has 1 unspecified atom stereocenters. The normalized spacial score (nSPS) is 13.2. The van der Waals surface area contributed by atoms with Crippen LogP contribution in [0.3, 0.4) is 0 Å². The second-order valence-electron chi connectivity index (χ2n) is 6.43. The minimum absolute atomic E-state index is 0.727. The first-order valence-corrected chi connectivity index (χ1v) is 7.81. The van der Waals surface area contributed by atoms with Crippen LogP contribution in [0, 0.1) is 17.8 Å². The lowest BCUT2D eigenvalue weighted by molar-refractivity contribution is 0.352. The van der Waals surface area contributed by atoms with Gasteiger partial charge in [0.15, 0.2) is 0 Å². The van der Waals surface area contributed by atoms with Gasteiger partial charge in [0.2, 0.25) is 0 Å². The summed E-state index contributed by atoms with van der Waals surface area (Å²) in [4.78, 5) is 0. The summed E-state index contributed by atoms with van der Waals surface area (Å²) < 4.78 is 0. The van der Waals surface area contributed by atoms with Crippen LogP contribution in [0.25, 0.3) is 0 Å². The van der Waals surface area contributed by atoms with E-state index in [1.54, 1.807) is 0 Å². The lowest BCUT2D eigenvalue weighted by atomic mass is 9.88. The van der Waals surface area contributed by atoms with Gasteiger partial charge in [-0.3, -0.25) is 0 Å². The van der Waals surface area contributed by atoms with Crippen molar-refractivity contribution in [2.45, 2.75) is 47.5 Å². The van der Waals surface area contributed by atoms with E-state index in [1.807, 2.05) is 0 Å². The van der Waals surface area contributed by atoms with E-state index >= 15 is 0 Å². The quantitative estimate of drug-likeness (QED) is 0.735. The Kier molecular flexibility index (Phi) is 7.15. The molecule has 1 atom stereocenters. The Morgan fingerprint density at radius 1 is 0.895 bits per heavy atom. The molecule has 19 heavy (non-hydrogen) atoms. The van der Waals surface area contributed by atoms with Gasteiger partial charge in [-0.25, -0.2) is 0 Å². The van der Waals surface area contributed by atoms with Gasteiger partial charge < -0.3 is 5.32 Å². The van der Waals surface area contributed by atoms with Crippen molar-refractivity contribution in [1.29, 1.82) is 0 Å². The molecule has 0 aliphatic heterocycles. The summed E-state index contributed by atoms with van der Waals surface area (Å²) in [5, 5.41) is 3.61. The van der Waals surface area contributed by atoms with Crippen LogP contribution in [0.5, 0.6) is 0 Å². The summed E-state index contributed by atoms with van der Waals surface area (Å²) in [5.74, 6) is 2.19. The van der Waals surface area contributed by atoms with E-state index in [-0.39, 0.29) is 0 Å². The first kappa shape index (κ1) is 16.2. The van der Waals surface area contributed by atoms with Crippen LogP contribution in [-0.2, 0) is 12.8 Å². The van der Waals surface area contributed by atoms with Gasteiger partial charge in [0, 0.05) is 0 Å². The van der Waals surface area contributed by atoms with Crippen LogP contribution < -0.4 is 5.32 Å². The number of aryl methyl sites for hydroxylation is 1. The van der Waals surface area contributed by atoms with Gasteiger partial charge in [-0.05, 0) is 54.8 Å². The Hall–Kier alpha value is -0.820. The maximum Gasteiger partial charge on any atom is -0.00148 e. The Bertz CT molecular complexity index is 337. The van der Waals surface area contributed by atoms with Crippen LogP contribution in [0.2, 0.25) is 0 Å². The zero-order chi connectivity index (χ0) is 14.3. The third-order valence-electron chi connectivity index (χ3n) is 3.83. The van der Waals surface area contributed by atoms with Gasteiger partial charge in [-0.15, -0.1) is 0 Å². The molecule has 0 saturated heterocycles. The molecule has 0 saturated carbocycles. The van der Waals surface area contributed by atoms with Gasteiger partial charge in [0.25, 0.3) is 0 Å². The first-order valence-electron chi connectivity index (χ1n) is 7.81. The number of hydrogen-bond donors (Lipinski definition) is 1. The van der Waals surface area contributed by atoms with Crippen LogP contribution in [0.1, 0.15) is 45.7 Å². The van der Waals surface area contributed by atoms with E-state index in [9.17, 15) is 0 Å². The summed E-state index contributed by atoms with van der Waals surface area (Å²) in [6.07, 6.45) is 2.32. The number of rotatable bonds is 8. The van der Waals surface area contributed by atoms with E-state index in [4.69, 9.17) is 0 Å². The zero-order valence-electron chi connectivity index (χ0n) is 13.4. The van der Waals surface area contributed by atoms with Crippen molar-refractivity contribution in [3.05, 3.63) is 35.4 Å². The fourth-order valence-electron chi connectivity index (χ4n) is 2.31. The van der Waals surface area contributed by atoms with Gasteiger partial charge in [0.05, 0.1) is 0 Å². The molecule has 0 aliphatic carbocycles. The molecule has 1 aromatic rings. The Labute approximate surface area is 119 Å². The van der Waals surface area contributed by atoms with Crippen molar-refractivity contribution < 1.29 is 0 Å². The van der Waals surface area contributed by atoms with E-state index in [2.05, 4.69) is 64.2 Å². The molecule has 0 radical (unpaired) electrons. The molecule has 0 spiro atoms. The smallest absolute Gasteiger partial charge is 0.00148 e. The van der Waals surface area contributed by atoms with Crippen LogP contribution in [0.15, 0.2) is 24.3 Å². The largest absolute Gasteiger partial charge is 0.316 e. The molecule has 108 valence electrons. The number of nitrogens with one attached hydrogen (secondary N) is 1. The highest BCUT2D eigenvalue weighted by molar-refractivity contribution is 5.22. The molecule has 1 N–H and O–H groups in total. The average Bonchev–Trinajstić information content (AvgIpc) is 2.37. The standard InChI is InChI=1S/C18H31N/c1-6-16-7-9-17(10-8-16)11-18(15(4)5)13-19-12-14(2)3/h7-10,14-15,18-19H,6,11-13H2,1-5H3.